The Labute approximate surface area is 234 Å². The number of piperazine rings is 1. The minimum absolute atomic E-state index is 0.00698. The van der Waals surface area contributed by atoms with E-state index < -0.39 is 16.1 Å². The van der Waals surface area contributed by atoms with Crippen molar-refractivity contribution in [1.29, 1.82) is 0 Å². The van der Waals surface area contributed by atoms with E-state index >= 15 is 0 Å². The van der Waals surface area contributed by atoms with Crippen LogP contribution in [0, 0.1) is 11.8 Å². The number of benzene rings is 1. The molecule has 2 bridgehead atoms. The second-order valence-electron chi connectivity index (χ2n) is 11.2. The molecule has 3 aliphatic rings. The number of piperidine rings is 1. The average Bonchev–Trinajstić information content (AvgIpc) is 2.96. The molecule has 3 amide bonds. The Morgan fingerprint density at radius 1 is 0.950 bits per heavy atom. The summed E-state index contributed by atoms with van der Waals surface area (Å²) in [5.41, 5.74) is 0.952. The van der Waals surface area contributed by atoms with E-state index in [4.69, 9.17) is 4.74 Å². The van der Waals surface area contributed by atoms with Gasteiger partial charge in [-0.2, -0.15) is 4.31 Å². The van der Waals surface area contributed by atoms with Gasteiger partial charge in [0.2, 0.25) is 15.9 Å². The summed E-state index contributed by atoms with van der Waals surface area (Å²) in [6.45, 7) is 6.23. The van der Waals surface area contributed by atoms with Crippen LogP contribution in [-0.4, -0.2) is 91.4 Å². The SMILES string of the molecule is COc1ccc(S(=O)(=O)N2CCN(C(=O)C(NC(=O)N3CC4CC(C3)c3cccc(=O)n3C4)C(C)C)CC2)cc1. The number of sulfonamides is 1. The molecule has 2 fully saturated rings. The highest BCUT2D eigenvalue weighted by atomic mass is 32.2. The molecule has 0 spiro atoms. The lowest BCUT2D eigenvalue weighted by molar-refractivity contribution is -0.135. The average molecular weight is 572 g/mol. The normalized spacial score (nSPS) is 22.0. The largest absolute Gasteiger partial charge is 0.497 e. The first-order chi connectivity index (χ1) is 19.1. The molecule has 2 saturated heterocycles. The van der Waals surface area contributed by atoms with Gasteiger partial charge in [-0.3, -0.25) is 9.59 Å². The number of rotatable bonds is 6. The lowest BCUT2D eigenvalue weighted by Gasteiger charge is -2.43. The van der Waals surface area contributed by atoms with Crippen molar-refractivity contribution in [2.45, 2.75) is 43.7 Å². The topological polar surface area (TPSA) is 121 Å². The molecule has 1 aromatic carbocycles. The van der Waals surface area contributed by atoms with Crippen LogP contribution in [-0.2, 0) is 21.4 Å². The summed E-state index contributed by atoms with van der Waals surface area (Å²) in [5, 5.41) is 2.97. The maximum atomic E-state index is 13.5. The van der Waals surface area contributed by atoms with Gasteiger partial charge in [0, 0.05) is 63.5 Å². The number of urea groups is 1. The molecule has 40 heavy (non-hydrogen) atoms. The van der Waals surface area contributed by atoms with Crippen LogP contribution in [0.15, 0.2) is 52.2 Å². The van der Waals surface area contributed by atoms with Gasteiger partial charge < -0.3 is 24.4 Å². The van der Waals surface area contributed by atoms with Gasteiger partial charge in [-0.15, -0.1) is 0 Å². The predicted molar refractivity (Wildman–Crippen MR) is 149 cm³/mol. The number of amides is 3. The van der Waals surface area contributed by atoms with E-state index in [-0.39, 0.29) is 66.3 Å². The van der Waals surface area contributed by atoms with Crippen molar-refractivity contribution in [3.63, 3.8) is 0 Å². The molecule has 2 aromatic rings. The van der Waals surface area contributed by atoms with Crippen LogP contribution in [0.4, 0.5) is 4.79 Å². The molecule has 0 saturated carbocycles. The van der Waals surface area contributed by atoms with E-state index in [1.165, 1.54) is 23.5 Å². The van der Waals surface area contributed by atoms with E-state index in [0.29, 0.717) is 25.4 Å². The van der Waals surface area contributed by atoms with Crippen LogP contribution < -0.4 is 15.6 Å². The quantitative estimate of drug-likeness (QED) is 0.562. The number of fused-ring (bicyclic) bond motifs is 4. The van der Waals surface area contributed by atoms with Gasteiger partial charge in [0.15, 0.2) is 0 Å². The monoisotopic (exact) mass is 571 g/mol. The number of methoxy groups -OCH3 is 1. The second-order valence-corrected chi connectivity index (χ2v) is 13.1. The first kappa shape index (κ1) is 28.2. The smallest absolute Gasteiger partial charge is 0.318 e. The summed E-state index contributed by atoms with van der Waals surface area (Å²) in [7, 11) is -2.17. The maximum absolute atomic E-state index is 13.5. The third kappa shape index (κ3) is 5.46. The first-order valence-electron chi connectivity index (χ1n) is 13.8. The number of hydrogen-bond acceptors (Lipinski definition) is 6. The number of pyridine rings is 1. The molecule has 4 heterocycles. The summed E-state index contributed by atoms with van der Waals surface area (Å²) in [6, 6.07) is 10.5. The number of nitrogens with zero attached hydrogens (tertiary/aromatic N) is 4. The molecule has 11 nitrogen and oxygen atoms in total. The third-order valence-corrected chi connectivity index (χ3v) is 10.1. The summed E-state index contributed by atoms with van der Waals surface area (Å²) in [5.74, 6) is 0.483. The Balaban J connectivity index is 1.21. The Kier molecular flexibility index (Phi) is 7.92. The van der Waals surface area contributed by atoms with Crippen molar-refractivity contribution >= 4 is 22.0 Å². The van der Waals surface area contributed by atoms with Gasteiger partial charge in [0.1, 0.15) is 11.8 Å². The van der Waals surface area contributed by atoms with E-state index in [1.807, 2.05) is 24.5 Å². The second kappa shape index (κ2) is 11.2. The molecule has 0 aliphatic carbocycles. The van der Waals surface area contributed by atoms with Crippen LogP contribution in [0.2, 0.25) is 0 Å². The summed E-state index contributed by atoms with van der Waals surface area (Å²) < 4.78 is 34.5. The third-order valence-electron chi connectivity index (χ3n) is 8.23. The van der Waals surface area contributed by atoms with Crippen LogP contribution in [0.5, 0.6) is 5.75 Å². The highest BCUT2D eigenvalue weighted by Crippen LogP contribution is 2.35. The molecule has 1 aromatic heterocycles. The van der Waals surface area contributed by atoms with Crippen molar-refractivity contribution < 1.29 is 22.7 Å². The molecule has 12 heteroatoms. The molecular weight excluding hydrogens is 534 g/mol. The van der Waals surface area contributed by atoms with Gasteiger partial charge in [0.05, 0.1) is 12.0 Å². The van der Waals surface area contributed by atoms with Crippen LogP contribution in [0.25, 0.3) is 0 Å². The first-order valence-corrected chi connectivity index (χ1v) is 15.2. The van der Waals surface area contributed by atoms with E-state index in [0.717, 1.165) is 12.1 Å². The predicted octanol–water partition coefficient (Wildman–Crippen LogP) is 1.54. The number of hydrogen-bond donors (Lipinski definition) is 1. The molecule has 1 N–H and O–H groups in total. The van der Waals surface area contributed by atoms with Gasteiger partial charge in [-0.05, 0) is 48.6 Å². The van der Waals surface area contributed by atoms with Crippen molar-refractivity contribution in [1.82, 2.24) is 24.0 Å². The summed E-state index contributed by atoms with van der Waals surface area (Å²) in [4.78, 5) is 42.8. The van der Waals surface area contributed by atoms with E-state index in [1.54, 1.807) is 34.1 Å². The van der Waals surface area contributed by atoms with Crippen molar-refractivity contribution in [2.24, 2.45) is 11.8 Å². The van der Waals surface area contributed by atoms with Crippen LogP contribution in [0.1, 0.15) is 31.9 Å². The van der Waals surface area contributed by atoms with Crippen molar-refractivity contribution in [3.8, 4) is 5.75 Å². The van der Waals surface area contributed by atoms with E-state index in [2.05, 4.69) is 5.32 Å². The Bertz CT molecular complexity index is 1420. The zero-order valence-electron chi connectivity index (χ0n) is 23.2. The fourth-order valence-electron chi connectivity index (χ4n) is 6.04. The van der Waals surface area contributed by atoms with Gasteiger partial charge >= 0.3 is 6.03 Å². The Morgan fingerprint density at radius 2 is 1.65 bits per heavy atom. The number of carbonyl (C=O) groups is 2. The maximum Gasteiger partial charge on any atom is 0.318 e. The highest BCUT2D eigenvalue weighted by molar-refractivity contribution is 7.89. The molecular formula is C28H37N5O6S. The fraction of sp³-hybridized carbons (Fsp3) is 0.536. The van der Waals surface area contributed by atoms with Gasteiger partial charge in [-0.1, -0.05) is 19.9 Å². The number of likely N-dealkylation sites (tertiary alicyclic amines) is 1. The van der Waals surface area contributed by atoms with Gasteiger partial charge in [-0.25, -0.2) is 13.2 Å². The molecule has 3 unspecified atom stereocenters. The number of aromatic nitrogens is 1. The molecule has 216 valence electrons. The highest BCUT2D eigenvalue weighted by Gasteiger charge is 2.39. The lowest BCUT2D eigenvalue weighted by Crippen LogP contribution is -2.59. The molecule has 5 rings (SSSR count). The number of ether oxygens (including phenoxy) is 1. The Morgan fingerprint density at radius 3 is 2.30 bits per heavy atom. The van der Waals surface area contributed by atoms with Gasteiger partial charge in [0.25, 0.3) is 5.56 Å². The van der Waals surface area contributed by atoms with Crippen molar-refractivity contribution in [2.75, 3.05) is 46.4 Å². The van der Waals surface area contributed by atoms with Crippen molar-refractivity contribution in [3.05, 3.63) is 58.5 Å². The lowest BCUT2D eigenvalue weighted by atomic mass is 9.83. The standard InChI is InChI=1S/C28H37N5O6S/c1-19(2)26(29-28(36)31-16-20-15-21(18-31)24-5-4-6-25(34)33(24)17-20)27(35)30-11-13-32(14-12-30)40(37,38)23-9-7-22(39-3)8-10-23/h4-10,19-21,26H,11-18H2,1-3H3,(H,29,36). The molecule has 3 aliphatic heterocycles. The Hall–Kier alpha value is -3.38. The van der Waals surface area contributed by atoms with Crippen LogP contribution in [0.3, 0.4) is 0 Å². The summed E-state index contributed by atoms with van der Waals surface area (Å²) in [6.07, 6.45) is 0.934. The zero-order chi connectivity index (χ0) is 28.6. The summed E-state index contributed by atoms with van der Waals surface area (Å²) >= 11 is 0. The number of carbonyl (C=O) groups excluding carboxylic acids is 2. The zero-order valence-corrected chi connectivity index (χ0v) is 24.0. The van der Waals surface area contributed by atoms with Crippen LogP contribution >= 0.6 is 0 Å². The minimum Gasteiger partial charge on any atom is -0.497 e. The minimum atomic E-state index is -3.70. The fourth-order valence-corrected chi connectivity index (χ4v) is 7.46. The molecule has 3 atom stereocenters. The van der Waals surface area contributed by atoms with E-state index in [9.17, 15) is 22.8 Å². The molecule has 0 radical (unpaired) electrons. The number of nitrogens with one attached hydrogen (secondary N) is 1.